The molecule has 0 saturated heterocycles. The summed E-state index contributed by atoms with van der Waals surface area (Å²) in [5, 5.41) is 7.19. The summed E-state index contributed by atoms with van der Waals surface area (Å²) in [7, 11) is -0.693. The number of thiol groups is 1. The van der Waals surface area contributed by atoms with Crippen LogP contribution in [0.25, 0.3) is 0 Å². The van der Waals surface area contributed by atoms with Gasteiger partial charge in [-0.2, -0.15) is 5.10 Å². The van der Waals surface area contributed by atoms with Crippen molar-refractivity contribution in [1.29, 1.82) is 0 Å². The van der Waals surface area contributed by atoms with Gasteiger partial charge in [-0.25, -0.2) is 13.7 Å². The second kappa shape index (κ2) is 7.46. The first-order valence-electron chi connectivity index (χ1n) is 10.0. The maximum Gasteiger partial charge on any atom is 0.353 e. The summed E-state index contributed by atoms with van der Waals surface area (Å²) in [5.41, 5.74) is 6.01. The number of hydrogen-bond acceptors (Lipinski definition) is 5. The number of benzene rings is 1. The Labute approximate surface area is 170 Å². The van der Waals surface area contributed by atoms with E-state index >= 15 is 0 Å². The van der Waals surface area contributed by atoms with Crippen LogP contribution < -0.4 is 10.1 Å². The Kier molecular flexibility index (Phi) is 4.79. The van der Waals surface area contributed by atoms with Crippen LogP contribution in [0.15, 0.2) is 21.5 Å². The molecule has 2 heterocycles. The van der Waals surface area contributed by atoms with Gasteiger partial charge in [-0.3, -0.25) is 0 Å². The van der Waals surface area contributed by atoms with Crippen LogP contribution in [0, 0.1) is 0 Å². The SMILES string of the molecule is COC[C@@H]1COc2c([SH](=O)=NC(=O)Nc3c4c(cc5c3CCC5)CCC4)cnn21. The lowest BCUT2D eigenvalue weighted by Crippen LogP contribution is -2.14. The molecule has 2 aromatic rings. The maximum absolute atomic E-state index is 12.8. The summed E-state index contributed by atoms with van der Waals surface area (Å²) in [6.07, 6.45) is 7.72. The normalized spacial score (nSPS) is 20.2. The standard InChI is InChI=1S/C20H24N4O4S/c1-27-10-14-11-28-19-17(9-21-24(14)19)29(26)23-20(25)22-18-15-6-2-4-12(15)8-13-5-3-7-16(13)18/h8-9,14,29H,2-7,10-11H2,1H3,(H,22,25)/t14-/m1/s1. The van der Waals surface area contributed by atoms with E-state index in [1.54, 1.807) is 11.8 Å². The Morgan fingerprint density at radius 3 is 2.72 bits per heavy atom. The molecule has 9 heteroatoms. The molecule has 154 valence electrons. The van der Waals surface area contributed by atoms with Gasteiger partial charge in [0, 0.05) is 12.8 Å². The molecule has 0 fully saturated rings. The Morgan fingerprint density at radius 1 is 1.31 bits per heavy atom. The number of hydrogen-bond donors (Lipinski definition) is 2. The molecule has 2 aliphatic carbocycles. The van der Waals surface area contributed by atoms with Crippen LogP contribution in [0.4, 0.5) is 10.5 Å². The predicted octanol–water partition coefficient (Wildman–Crippen LogP) is 2.70. The van der Waals surface area contributed by atoms with Crippen molar-refractivity contribution in [2.45, 2.75) is 49.5 Å². The fourth-order valence-electron chi connectivity index (χ4n) is 4.67. The summed E-state index contributed by atoms with van der Waals surface area (Å²) in [5.74, 6) is 0.409. The molecule has 0 bridgehead atoms. The number of urea groups is 1. The number of methoxy groups -OCH3 is 1. The molecule has 8 nitrogen and oxygen atoms in total. The summed E-state index contributed by atoms with van der Waals surface area (Å²) in [6, 6.07) is 1.67. The topological polar surface area (TPSA) is 94.8 Å². The van der Waals surface area contributed by atoms with Gasteiger partial charge in [-0.05, 0) is 60.8 Å². The van der Waals surface area contributed by atoms with Gasteiger partial charge < -0.3 is 14.8 Å². The molecule has 2 atom stereocenters. The zero-order chi connectivity index (χ0) is 20.0. The predicted molar refractivity (Wildman–Crippen MR) is 108 cm³/mol. The Morgan fingerprint density at radius 2 is 2.03 bits per heavy atom. The largest absolute Gasteiger partial charge is 0.475 e. The van der Waals surface area contributed by atoms with E-state index in [1.807, 2.05) is 0 Å². The lowest BCUT2D eigenvalue weighted by molar-refractivity contribution is 0.145. The lowest BCUT2D eigenvalue weighted by Gasteiger charge is -2.14. The molecular formula is C20H24N4O4S. The third kappa shape index (κ3) is 3.22. The number of carbonyl (C=O) groups excluding carboxylic acids is 1. The molecule has 1 N–H and O–H groups in total. The maximum atomic E-state index is 12.8. The van der Waals surface area contributed by atoms with Crippen molar-refractivity contribution in [1.82, 2.24) is 9.78 Å². The van der Waals surface area contributed by atoms with Crippen LogP contribution in [0.2, 0.25) is 0 Å². The van der Waals surface area contributed by atoms with Gasteiger partial charge in [0.15, 0.2) is 0 Å². The van der Waals surface area contributed by atoms with Gasteiger partial charge in [0.1, 0.15) is 17.5 Å². The number of rotatable bonds is 4. The minimum atomic E-state index is -2.30. The number of aromatic nitrogens is 2. The molecule has 2 amide bonds. The van der Waals surface area contributed by atoms with Gasteiger partial charge >= 0.3 is 6.03 Å². The first-order chi connectivity index (χ1) is 14.2. The van der Waals surface area contributed by atoms with Crippen molar-refractivity contribution in [2.75, 3.05) is 25.6 Å². The van der Waals surface area contributed by atoms with Crippen LogP contribution in [-0.4, -0.2) is 40.3 Å². The quantitative estimate of drug-likeness (QED) is 0.748. The van der Waals surface area contributed by atoms with Crippen molar-refractivity contribution < 1.29 is 18.5 Å². The monoisotopic (exact) mass is 416 g/mol. The van der Waals surface area contributed by atoms with E-state index in [-0.39, 0.29) is 6.04 Å². The molecule has 5 rings (SSSR count). The number of anilines is 1. The average molecular weight is 417 g/mol. The Bertz CT molecular complexity index is 1040. The number of carbonyl (C=O) groups is 1. The minimum Gasteiger partial charge on any atom is -0.475 e. The summed E-state index contributed by atoms with van der Waals surface area (Å²) in [4.78, 5) is 13.0. The van der Waals surface area contributed by atoms with E-state index in [0.717, 1.165) is 44.2 Å². The fourth-order valence-corrected chi connectivity index (χ4v) is 5.47. The van der Waals surface area contributed by atoms with Gasteiger partial charge in [-0.1, -0.05) is 6.07 Å². The highest BCUT2D eigenvalue weighted by Crippen LogP contribution is 2.38. The van der Waals surface area contributed by atoms with Crippen molar-refractivity contribution in [2.24, 2.45) is 4.36 Å². The summed E-state index contributed by atoms with van der Waals surface area (Å²) >= 11 is 0. The molecule has 29 heavy (non-hydrogen) atoms. The van der Waals surface area contributed by atoms with Gasteiger partial charge in [0.25, 0.3) is 0 Å². The second-order valence-corrected chi connectivity index (χ2v) is 8.96. The lowest BCUT2D eigenvalue weighted by atomic mass is 9.99. The van der Waals surface area contributed by atoms with E-state index in [1.165, 1.54) is 28.5 Å². The number of amides is 2. The first-order valence-corrected chi connectivity index (χ1v) is 11.2. The molecule has 3 aliphatic rings. The van der Waals surface area contributed by atoms with Gasteiger partial charge in [-0.15, -0.1) is 4.36 Å². The molecule has 0 spiro atoms. The van der Waals surface area contributed by atoms with Gasteiger partial charge in [0.05, 0.1) is 23.4 Å². The highest BCUT2D eigenvalue weighted by molar-refractivity contribution is 7.75. The molecule has 1 aromatic carbocycles. The fraction of sp³-hybridized carbons (Fsp3) is 0.500. The van der Waals surface area contributed by atoms with Crippen molar-refractivity contribution >= 4 is 22.3 Å². The number of nitrogens with zero attached hydrogens (tertiary/aromatic N) is 3. The van der Waals surface area contributed by atoms with Crippen molar-refractivity contribution in [3.05, 3.63) is 34.5 Å². The molecule has 0 radical (unpaired) electrons. The molecule has 1 aliphatic heterocycles. The molecule has 1 aromatic heterocycles. The molecular weight excluding hydrogens is 392 g/mol. The smallest absolute Gasteiger partial charge is 0.353 e. The Hall–Kier alpha value is -2.39. The van der Waals surface area contributed by atoms with E-state index < -0.39 is 16.6 Å². The molecule has 1 unspecified atom stereocenters. The van der Waals surface area contributed by atoms with E-state index in [9.17, 15) is 9.00 Å². The van der Waals surface area contributed by atoms with Crippen LogP contribution >= 0.6 is 0 Å². The number of ether oxygens (including phenoxy) is 2. The number of nitrogens with one attached hydrogen (secondary N) is 1. The summed E-state index contributed by atoms with van der Waals surface area (Å²) < 4.78 is 29.1. The zero-order valence-electron chi connectivity index (χ0n) is 16.3. The van der Waals surface area contributed by atoms with Crippen LogP contribution in [0.3, 0.4) is 0 Å². The van der Waals surface area contributed by atoms with Crippen molar-refractivity contribution in [3.63, 3.8) is 0 Å². The van der Waals surface area contributed by atoms with Gasteiger partial charge in [0.2, 0.25) is 5.88 Å². The highest BCUT2D eigenvalue weighted by atomic mass is 32.2. The highest BCUT2D eigenvalue weighted by Gasteiger charge is 2.29. The Balaban J connectivity index is 1.41. The third-order valence-electron chi connectivity index (χ3n) is 5.94. The van der Waals surface area contributed by atoms with Crippen LogP contribution in [0.1, 0.15) is 41.1 Å². The number of fused-ring (bicyclic) bond motifs is 3. The van der Waals surface area contributed by atoms with E-state index in [2.05, 4.69) is 20.8 Å². The minimum absolute atomic E-state index is 0.0597. The van der Waals surface area contributed by atoms with E-state index in [0.29, 0.717) is 24.0 Å². The van der Waals surface area contributed by atoms with E-state index in [4.69, 9.17) is 9.47 Å². The zero-order valence-corrected chi connectivity index (χ0v) is 17.2. The number of aryl methyl sites for hydroxylation is 2. The molecule has 0 saturated carbocycles. The first kappa shape index (κ1) is 18.6. The summed E-state index contributed by atoms with van der Waals surface area (Å²) in [6.45, 7) is 0.856. The second-order valence-electron chi connectivity index (χ2n) is 7.74. The van der Waals surface area contributed by atoms with Crippen LogP contribution in [-0.2, 0) is 41.0 Å². The average Bonchev–Trinajstić information content (AvgIpc) is 3.46. The van der Waals surface area contributed by atoms with Crippen molar-refractivity contribution in [3.8, 4) is 5.88 Å². The third-order valence-corrected chi connectivity index (χ3v) is 7.02. The van der Waals surface area contributed by atoms with Crippen LogP contribution in [0.5, 0.6) is 5.88 Å².